The number of hydrogen-bond donors (Lipinski definition) is 2. The van der Waals surface area contributed by atoms with Crippen molar-refractivity contribution in [1.82, 2.24) is 5.43 Å². The predicted molar refractivity (Wildman–Crippen MR) is 121 cm³/mol. The van der Waals surface area contributed by atoms with Gasteiger partial charge in [-0.1, -0.05) is 42.5 Å². The smallest absolute Gasteiger partial charge is 0.335 e. The number of carboxylic acid groups (broad SMARTS) is 1. The number of aromatic carboxylic acids is 1. The summed E-state index contributed by atoms with van der Waals surface area (Å²) in [7, 11) is 0. The maximum Gasteiger partial charge on any atom is 0.335 e. The van der Waals surface area contributed by atoms with Crippen molar-refractivity contribution in [3.05, 3.63) is 89.7 Å². The first-order chi connectivity index (χ1) is 15.5. The Labute approximate surface area is 183 Å². The Hall–Kier alpha value is -4.39. The molecular formula is C25H20N2O5. The molecule has 3 aromatic carbocycles. The summed E-state index contributed by atoms with van der Waals surface area (Å²) in [5.74, 6) is 0.263. The number of carboxylic acids is 1. The normalized spacial score (nSPS) is 11.0. The van der Waals surface area contributed by atoms with Crippen molar-refractivity contribution in [3.63, 3.8) is 0 Å². The molecule has 32 heavy (non-hydrogen) atoms. The molecule has 0 atom stereocenters. The highest BCUT2D eigenvalue weighted by atomic mass is 16.5. The Morgan fingerprint density at radius 3 is 2.69 bits per heavy atom. The minimum atomic E-state index is -0.980. The molecule has 4 rings (SSSR count). The zero-order chi connectivity index (χ0) is 22.5. The molecule has 2 N–H and O–H groups in total. The van der Waals surface area contributed by atoms with Crippen LogP contribution < -0.4 is 10.2 Å². The molecule has 0 saturated heterocycles. The van der Waals surface area contributed by atoms with E-state index in [0.29, 0.717) is 17.3 Å². The Bertz CT molecular complexity index is 1320. The van der Waals surface area contributed by atoms with Crippen LogP contribution in [0.15, 0.2) is 82.3 Å². The topological polar surface area (TPSA) is 101 Å². The van der Waals surface area contributed by atoms with E-state index in [9.17, 15) is 9.59 Å². The van der Waals surface area contributed by atoms with Crippen LogP contribution in [0.3, 0.4) is 0 Å². The highest BCUT2D eigenvalue weighted by Crippen LogP contribution is 2.26. The van der Waals surface area contributed by atoms with Gasteiger partial charge in [0.15, 0.2) is 6.61 Å². The number of rotatable bonds is 7. The van der Waals surface area contributed by atoms with Crippen LogP contribution in [0.2, 0.25) is 0 Å². The maximum absolute atomic E-state index is 12.1. The molecule has 160 valence electrons. The van der Waals surface area contributed by atoms with Gasteiger partial charge in [-0.05, 0) is 48.2 Å². The Morgan fingerprint density at radius 1 is 1.06 bits per heavy atom. The molecule has 1 amide bonds. The fourth-order valence-electron chi connectivity index (χ4n) is 3.31. The van der Waals surface area contributed by atoms with E-state index in [1.54, 1.807) is 24.3 Å². The second-order valence-electron chi connectivity index (χ2n) is 7.10. The van der Waals surface area contributed by atoms with Gasteiger partial charge in [0.25, 0.3) is 5.91 Å². The molecule has 0 spiro atoms. The molecule has 1 heterocycles. The molecule has 0 aliphatic carbocycles. The highest BCUT2D eigenvalue weighted by molar-refractivity contribution is 5.89. The lowest BCUT2D eigenvalue weighted by Crippen LogP contribution is -2.24. The van der Waals surface area contributed by atoms with Crippen molar-refractivity contribution in [1.29, 1.82) is 0 Å². The van der Waals surface area contributed by atoms with Crippen LogP contribution in [-0.2, 0) is 4.79 Å². The standard InChI is InChI=1S/C25H20N2O5/c1-16-13-18(25(29)30)9-11-20(16)23-12-10-19(32-23)14-26-27-24(28)15-31-22-8-4-6-17-5-2-3-7-21(17)22/h2-14H,15H2,1H3,(H,27,28)(H,29,30)/b26-14+. The van der Waals surface area contributed by atoms with E-state index in [2.05, 4.69) is 10.5 Å². The molecule has 0 aliphatic rings. The molecule has 0 fully saturated rings. The van der Waals surface area contributed by atoms with Gasteiger partial charge in [0.05, 0.1) is 11.8 Å². The van der Waals surface area contributed by atoms with Crippen molar-refractivity contribution in [3.8, 4) is 17.1 Å². The van der Waals surface area contributed by atoms with Crippen LogP contribution in [0.5, 0.6) is 5.75 Å². The van der Waals surface area contributed by atoms with Crippen LogP contribution >= 0.6 is 0 Å². The van der Waals surface area contributed by atoms with Crippen molar-refractivity contribution < 1.29 is 23.8 Å². The molecule has 0 saturated carbocycles. The van der Waals surface area contributed by atoms with E-state index in [0.717, 1.165) is 21.9 Å². The van der Waals surface area contributed by atoms with Crippen molar-refractivity contribution in [2.45, 2.75) is 6.92 Å². The summed E-state index contributed by atoms with van der Waals surface area (Å²) in [6.45, 7) is 1.64. The summed E-state index contributed by atoms with van der Waals surface area (Å²) < 4.78 is 11.4. The lowest BCUT2D eigenvalue weighted by molar-refractivity contribution is -0.123. The molecule has 1 aromatic heterocycles. The summed E-state index contributed by atoms with van der Waals surface area (Å²) in [5.41, 5.74) is 4.18. The van der Waals surface area contributed by atoms with Gasteiger partial charge in [-0.2, -0.15) is 5.10 Å². The number of benzene rings is 3. The number of furan rings is 1. The highest BCUT2D eigenvalue weighted by Gasteiger charge is 2.10. The Balaban J connectivity index is 1.35. The van der Waals surface area contributed by atoms with E-state index in [-0.39, 0.29) is 12.2 Å². The molecule has 0 radical (unpaired) electrons. The Morgan fingerprint density at radius 2 is 1.88 bits per heavy atom. The predicted octanol–water partition coefficient (Wildman–Crippen LogP) is 4.64. The van der Waals surface area contributed by atoms with Gasteiger partial charge in [-0.15, -0.1) is 0 Å². The third kappa shape index (κ3) is 4.67. The number of carbonyl (C=O) groups excluding carboxylic acids is 1. The van der Waals surface area contributed by atoms with Crippen molar-refractivity contribution in [2.75, 3.05) is 6.61 Å². The van der Waals surface area contributed by atoms with Gasteiger partial charge >= 0.3 is 5.97 Å². The van der Waals surface area contributed by atoms with Crippen LogP contribution in [0.1, 0.15) is 21.7 Å². The summed E-state index contributed by atoms with van der Waals surface area (Å²) in [4.78, 5) is 23.2. The molecule has 0 aliphatic heterocycles. The lowest BCUT2D eigenvalue weighted by Gasteiger charge is -2.08. The zero-order valence-electron chi connectivity index (χ0n) is 17.2. The van der Waals surface area contributed by atoms with E-state index in [4.69, 9.17) is 14.3 Å². The number of nitrogens with zero attached hydrogens (tertiary/aromatic N) is 1. The molecule has 4 aromatic rings. The minimum Gasteiger partial charge on any atom is -0.483 e. The second kappa shape index (κ2) is 9.18. The SMILES string of the molecule is Cc1cc(C(=O)O)ccc1-c1ccc(/C=N/NC(=O)COc2cccc3ccccc23)o1. The number of carbonyl (C=O) groups is 2. The maximum atomic E-state index is 12.1. The molecule has 0 bridgehead atoms. The van der Waals surface area contributed by atoms with Gasteiger partial charge in [0.1, 0.15) is 17.3 Å². The number of aryl methyl sites for hydroxylation is 1. The number of hydrogen-bond acceptors (Lipinski definition) is 5. The third-order valence-electron chi connectivity index (χ3n) is 4.86. The van der Waals surface area contributed by atoms with E-state index >= 15 is 0 Å². The van der Waals surface area contributed by atoms with Gasteiger partial charge in [0.2, 0.25) is 0 Å². The monoisotopic (exact) mass is 428 g/mol. The van der Waals surface area contributed by atoms with E-state index in [1.165, 1.54) is 12.3 Å². The summed E-state index contributed by atoms with van der Waals surface area (Å²) >= 11 is 0. The fraction of sp³-hybridized carbons (Fsp3) is 0.0800. The van der Waals surface area contributed by atoms with Gasteiger partial charge in [0, 0.05) is 10.9 Å². The molecule has 0 unspecified atom stereocenters. The van der Waals surface area contributed by atoms with Crippen molar-refractivity contribution in [2.24, 2.45) is 5.10 Å². The number of ether oxygens (including phenoxy) is 1. The van der Waals surface area contributed by atoms with Crippen molar-refractivity contribution >= 4 is 28.9 Å². The molecule has 7 nitrogen and oxygen atoms in total. The fourth-order valence-corrected chi connectivity index (χ4v) is 3.31. The van der Waals surface area contributed by atoms with Crippen LogP contribution in [-0.4, -0.2) is 29.8 Å². The molecule has 7 heteroatoms. The minimum absolute atomic E-state index is 0.177. The van der Waals surface area contributed by atoms with Crippen LogP contribution in [0, 0.1) is 6.92 Å². The summed E-state index contributed by atoms with van der Waals surface area (Å²) in [6, 6.07) is 21.7. The first kappa shape index (κ1) is 20.9. The summed E-state index contributed by atoms with van der Waals surface area (Å²) in [6.07, 6.45) is 1.39. The van der Waals surface area contributed by atoms with E-state index in [1.807, 2.05) is 49.4 Å². The summed E-state index contributed by atoms with van der Waals surface area (Å²) in [5, 5.41) is 15.0. The average Bonchev–Trinajstić information content (AvgIpc) is 3.26. The van der Waals surface area contributed by atoms with Gasteiger partial charge in [-0.3, -0.25) is 4.79 Å². The second-order valence-corrected chi connectivity index (χ2v) is 7.10. The van der Waals surface area contributed by atoms with Gasteiger partial charge < -0.3 is 14.3 Å². The van der Waals surface area contributed by atoms with Gasteiger partial charge in [-0.25, -0.2) is 10.2 Å². The quantitative estimate of drug-likeness (QED) is 0.330. The van der Waals surface area contributed by atoms with E-state index < -0.39 is 11.9 Å². The number of nitrogens with one attached hydrogen (secondary N) is 1. The Kier molecular flexibility index (Phi) is 5.98. The first-order valence-electron chi connectivity index (χ1n) is 9.88. The molecular weight excluding hydrogens is 408 g/mol. The number of fused-ring (bicyclic) bond motifs is 1. The van der Waals surface area contributed by atoms with Crippen LogP contribution in [0.4, 0.5) is 0 Å². The number of hydrazone groups is 1. The average molecular weight is 428 g/mol. The first-order valence-corrected chi connectivity index (χ1v) is 9.88. The van der Waals surface area contributed by atoms with Crippen LogP contribution in [0.25, 0.3) is 22.1 Å². The largest absolute Gasteiger partial charge is 0.483 e. The zero-order valence-corrected chi connectivity index (χ0v) is 17.2. The number of amides is 1. The third-order valence-corrected chi connectivity index (χ3v) is 4.86. The lowest BCUT2D eigenvalue weighted by atomic mass is 10.0.